The van der Waals surface area contributed by atoms with E-state index in [-0.39, 0.29) is 12.5 Å². The molecule has 0 bridgehead atoms. The molecule has 64 heavy (non-hydrogen) atoms. The van der Waals surface area contributed by atoms with Crippen molar-refractivity contribution in [3.05, 3.63) is 122 Å². The van der Waals surface area contributed by atoms with Crippen LogP contribution in [0, 0.1) is 0 Å². The Labute approximate surface area is 397 Å². The Morgan fingerprint density at radius 2 is 0.703 bits per heavy atom. The first-order valence-electron chi connectivity index (χ1n) is 26.7. The van der Waals surface area contributed by atoms with Crippen molar-refractivity contribution in [2.45, 2.75) is 244 Å². The summed E-state index contributed by atoms with van der Waals surface area (Å²) in [4.78, 5) is 12.4. The van der Waals surface area contributed by atoms with Gasteiger partial charge in [0, 0.05) is 6.42 Å². The standard InChI is InChI=1S/C60H101NO3/c1-3-5-7-9-11-13-15-16-17-18-19-20-21-22-23-24-25-26-27-28-29-30-31-32-33-34-35-36-37-38-39-40-41-42-43-44-46-48-50-52-54-56-60(64)61-58(57-62)59(63)55-53-51-49-47-45-14-12-10-8-6-4-2/h5,7-8,10-11,13,16-17,19-20,22-23,25-26,28-29,45,47,53,55,58-59,62-63H,3-4,6,9,12,14-15,18,21,24,27,30-44,46,48-52,54,56-57H2,1-2H3,(H,61,64)/b7-5-,10-8+,13-11-,17-16-,20-19-,23-22-,26-25-,29-28-,47-45+,55-53+. The van der Waals surface area contributed by atoms with Gasteiger partial charge in [0.25, 0.3) is 0 Å². The second-order valence-electron chi connectivity index (χ2n) is 17.5. The first-order valence-corrected chi connectivity index (χ1v) is 26.7. The number of unbranched alkanes of at least 4 members (excludes halogenated alkanes) is 22. The molecule has 0 saturated heterocycles. The molecule has 0 spiro atoms. The second kappa shape index (κ2) is 54.1. The molecule has 0 rings (SSSR count). The number of nitrogens with one attached hydrogen (secondary N) is 1. The molecule has 0 saturated carbocycles. The predicted molar refractivity (Wildman–Crippen MR) is 285 cm³/mol. The first-order chi connectivity index (χ1) is 31.7. The smallest absolute Gasteiger partial charge is 0.220 e. The van der Waals surface area contributed by atoms with Crippen molar-refractivity contribution in [1.29, 1.82) is 0 Å². The van der Waals surface area contributed by atoms with Crippen LogP contribution < -0.4 is 5.32 Å². The molecule has 0 aliphatic rings. The van der Waals surface area contributed by atoms with Gasteiger partial charge in [-0.25, -0.2) is 0 Å². The van der Waals surface area contributed by atoms with Crippen LogP contribution >= 0.6 is 0 Å². The predicted octanol–water partition coefficient (Wildman–Crippen LogP) is 17.7. The van der Waals surface area contributed by atoms with Crippen LogP contribution in [0.3, 0.4) is 0 Å². The third kappa shape index (κ3) is 49.8. The Hall–Kier alpha value is -3.21. The van der Waals surface area contributed by atoms with Crippen LogP contribution in [-0.2, 0) is 4.79 Å². The highest BCUT2D eigenvalue weighted by molar-refractivity contribution is 5.76. The summed E-state index contributed by atoms with van der Waals surface area (Å²) in [6.45, 7) is 4.09. The minimum Gasteiger partial charge on any atom is -0.394 e. The molecule has 0 heterocycles. The Morgan fingerprint density at radius 3 is 1.08 bits per heavy atom. The van der Waals surface area contributed by atoms with Gasteiger partial charge in [-0.2, -0.15) is 0 Å². The van der Waals surface area contributed by atoms with Crippen molar-refractivity contribution >= 4 is 5.91 Å². The van der Waals surface area contributed by atoms with E-state index in [0.29, 0.717) is 6.42 Å². The van der Waals surface area contributed by atoms with Gasteiger partial charge in [0.15, 0.2) is 0 Å². The number of carbonyl (C=O) groups is 1. The van der Waals surface area contributed by atoms with E-state index in [9.17, 15) is 15.0 Å². The van der Waals surface area contributed by atoms with Crippen molar-refractivity contribution in [1.82, 2.24) is 5.32 Å². The molecule has 4 heteroatoms. The Bertz CT molecular complexity index is 1280. The maximum absolute atomic E-state index is 12.4. The lowest BCUT2D eigenvalue weighted by Gasteiger charge is -2.19. The second-order valence-corrected chi connectivity index (χ2v) is 17.5. The summed E-state index contributed by atoms with van der Waals surface area (Å²) in [7, 11) is 0. The minimum absolute atomic E-state index is 0.0822. The van der Waals surface area contributed by atoms with E-state index in [4.69, 9.17) is 0 Å². The zero-order valence-corrected chi connectivity index (χ0v) is 41.8. The van der Waals surface area contributed by atoms with Gasteiger partial charge in [0.2, 0.25) is 5.91 Å². The molecule has 0 aromatic rings. The zero-order chi connectivity index (χ0) is 46.3. The lowest BCUT2D eigenvalue weighted by Crippen LogP contribution is -2.45. The largest absolute Gasteiger partial charge is 0.394 e. The summed E-state index contributed by atoms with van der Waals surface area (Å²) < 4.78 is 0. The Balaban J connectivity index is 3.49. The van der Waals surface area contributed by atoms with E-state index in [0.717, 1.165) is 89.9 Å². The van der Waals surface area contributed by atoms with Crippen LogP contribution in [0.25, 0.3) is 0 Å². The molecule has 1 amide bonds. The zero-order valence-electron chi connectivity index (χ0n) is 41.8. The maximum Gasteiger partial charge on any atom is 0.220 e. The van der Waals surface area contributed by atoms with Crippen molar-refractivity contribution in [3.8, 4) is 0 Å². The summed E-state index contributed by atoms with van der Waals surface area (Å²) in [6, 6.07) is -0.648. The molecule has 2 atom stereocenters. The van der Waals surface area contributed by atoms with E-state index in [1.807, 2.05) is 6.08 Å². The van der Waals surface area contributed by atoms with E-state index in [1.54, 1.807) is 6.08 Å². The quantitative estimate of drug-likeness (QED) is 0.0421. The Kier molecular flexibility index (Phi) is 51.4. The lowest BCUT2D eigenvalue weighted by atomic mass is 10.0. The highest BCUT2D eigenvalue weighted by atomic mass is 16.3. The molecule has 0 aromatic heterocycles. The average molecular weight is 884 g/mol. The summed E-state index contributed by atoms with van der Waals surface area (Å²) >= 11 is 0. The topological polar surface area (TPSA) is 69.6 Å². The molecule has 0 fully saturated rings. The van der Waals surface area contributed by atoms with Crippen molar-refractivity contribution in [3.63, 3.8) is 0 Å². The van der Waals surface area contributed by atoms with Gasteiger partial charge in [0.05, 0.1) is 18.8 Å². The molecule has 2 unspecified atom stereocenters. The van der Waals surface area contributed by atoms with E-state index >= 15 is 0 Å². The van der Waals surface area contributed by atoms with Crippen molar-refractivity contribution in [2.24, 2.45) is 0 Å². The van der Waals surface area contributed by atoms with Crippen LogP contribution in [0.15, 0.2) is 122 Å². The van der Waals surface area contributed by atoms with Gasteiger partial charge in [-0.3, -0.25) is 4.79 Å². The highest BCUT2D eigenvalue weighted by Crippen LogP contribution is 2.15. The fraction of sp³-hybridized carbons (Fsp3) is 0.650. The first kappa shape index (κ1) is 60.8. The molecular formula is C60H101NO3. The van der Waals surface area contributed by atoms with E-state index in [2.05, 4.69) is 129 Å². The number of aliphatic hydroxyl groups is 2. The van der Waals surface area contributed by atoms with Gasteiger partial charge in [-0.05, 0) is 96.3 Å². The van der Waals surface area contributed by atoms with Crippen LogP contribution in [0.2, 0.25) is 0 Å². The minimum atomic E-state index is -0.873. The van der Waals surface area contributed by atoms with Gasteiger partial charge in [0.1, 0.15) is 0 Å². The number of hydrogen-bond acceptors (Lipinski definition) is 3. The monoisotopic (exact) mass is 884 g/mol. The summed E-state index contributed by atoms with van der Waals surface area (Å²) in [5, 5.41) is 22.9. The third-order valence-corrected chi connectivity index (χ3v) is 11.4. The van der Waals surface area contributed by atoms with Gasteiger partial charge >= 0.3 is 0 Å². The number of aliphatic hydroxyl groups excluding tert-OH is 2. The number of rotatable bonds is 47. The molecule has 0 aliphatic carbocycles. The molecule has 3 N–H and O–H groups in total. The van der Waals surface area contributed by atoms with Gasteiger partial charge < -0.3 is 15.5 Å². The number of allylic oxidation sites excluding steroid dienone is 19. The summed E-state index contributed by atoms with van der Waals surface area (Å²) in [5.74, 6) is -0.0822. The Morgan fingerprint density at radius 1 is 0.391 bits per heavy atom. The molecule has 0 aliphatic heterocycles. The van der Waals surface area contributed by atoms with Gasteiger partial charge in [-0.1, -0.05) is 251 Å². The van der Waals surface area contributed by atoms with Crippen LogP contribution in [-0.4, -0.2) is 34.9 Å². The highest BCUT2D eigenvalue weighted by Gasteiger charge is 2.17. The molecule has 364 valence electrons. The average Bonchev–Trinajstić information content (AvgIpc) is 3.30. The van der Waals surface area contributed by atoms with Gasteiger partial charge in [-0.15, -0.1) is 0 Å². The molecule has 0 radical (unpaired) electrons. The molecule has 0 aromatic carbocycles. The van der Waals surface area contributed by atoms with Crippen LogP contribution in [0.1, 0.15) is 232 Å². The lowest BCUT2D eigenvalue weighted by molar-refractivity contribution is -0.123. The number of amides is 1. The number of carbonyl (C=O) groups excluding carboxylic acids is 1. The van der Waals surface area contributed by atoms with E-state index in [1.165, 1.54) is 122 Å². The fourth-order valence-corrected chi connectivity index (χ4v) is 7.37. The molecule has 4 nitrogen and oxygen atoms in total. The van der Waals surface area contributed by atoms with Crippen molar-refractivity contribution < 1.29 is 15.0 Å². The SMILES string of the molecule is CC/C=C\C/C=C\C/C=C\C/C=C\C/C=C\C/C=C\C/C=C\CCCCCCCCCCCCCCCCCCCCCC(=O)NC(CO)C(O)/C=C/CC/C=C/CC/C=C/CCC. The fourth-order valence-electron chi connectivity index (χ4n) is 7.37. The normalized spacial score (nSPS) is 13.9. The molecular weight excluding hydrogens is 783 g/mol. The third-order valence-electron chi connectivity index (χ3n) is 11.4. The van der Waals surface area contributed by atoms with Crippen LogP contribution in [0.4, 0.5) is 0 Å². The summed E-state index contributed by atoms with van der Waals surface area (Å²) in [5.41, 5.74) is 0. The maximum atomic E-state index is 12.4. The van der Waals surface area contributed by atoms with Crippen LogP contribution in [0.5, 0.6) is 0 Å². The van der Waals surface area contributed by atoms with E-state index < -0.39 is 12.1 Å². The number of hydrogen-bond donors (Lipinski definition) is 3. The van der Waals surface area contributed by atoms with Crippen molar-refractivity contribution in [2.75, 3.05) is 6.61 Å². The summed E-state index contributed by atoms with van der Waals surface area (Å²) in [6.07, 6.45) is 83.6.